The molecule has 0 amide bonds. The van der Waals surface area contributed by atoms with Gasteiger partial charge >= 0.3 is 0 Å². The summed E-state index contributed by atoms with van der Waals surface area (Å²) in [6.45, 7) is 7.81. The fourth-order valence-corrected chi connectivity index (χ4v) is 1.99. The quantitative estimate of drug-likeness (QED) is 0.628. The van der Waals surface area contributed by atoms with Gasteiger partial charge in [0.05, 0.1) is 17.6 Å². The Morgan fingerprint density at radius 2 is 2.14 bits per heavy atom. The van der Waals surface area contributed by atoms with E-state index in [0.717, 1.165) is 13.0 Å². The predicted octanol–water partition coefficient (Wildman–Crippen LogP) is 2.03. The van der Waals surface area contributed by atoms with Crippen LogP contribution in [0.2, 0.25) is 0 Å². The lowest BCUT2D eigenvalue weighted by Crippen LogP contribution is -2.44. The minimum absolute atomic E-state index is 0.167. The number of fused-ring (bicyclic) bond motifs is 1. The van der Waals surface area contributed by atoms with Crippen molar-refractivity contribution in [1.82, 2.24) is 9.97 Å². The van der Waals surface area contributed by atoms with E-state index in [4.69, 9.17) is 0 Å². The van der Waals surface area contributed by atoms with E-state index in [2.05, 4.69) is 35.6 Å². The third kappa shape index (κ3) is 1.59. The summed E-state index contributed by atoms with van der Waals surface area (Å²) in [5.74, 6) is 0. The lowest BCUT2D eigenvalue weighted by Gasteiger charge is -2.40. The SMILES string of the molecule is CC(C)(C)N1CCCc2ncncc21. The highest BCUT2D eigenvalue weighted by molar-refractivity contribution is 5.52. The first kappa shape index (κ1) is 9.44. The van der Waals surface area contributed by atoms with Gasteiger partial charge in [0.1, 0.15) is 6.33 Å². The molecule has 14 heavy (non-hydrogen) atoms. The van der Waals surface area contributed by atoms with Crippen LogP contribution in [0.3, 0.4) is 0 Å². The third-order valence-corrected chi connectivity index (χ3v) is 2.67. The van der Waals surface area contributed by atoms with Crippen molar-refractivity contribution in [3.63, 3.8) is 0 Å². The average Bonchev–Trinajstić information content (AvgIpc) is 2.15. The molecule has 1 aromatic heterocycles. The molecule has 0 bridgehead atoms. The van der Waals surface area contributed by atoms with E-state index in [1.165, 1.54) is 17.8 Å². The maximum atomic E-state index is 4.33. The summed E-state index contributed by atoms with van der Waals surface area (Å²) in [5.41, 5.74) is 2.58. The highest BCUT2D eigenvalue weighted by Crippen LogP contribution is 2.29. The number of hydrogen-bond donors (Lipinski definition) is 0. The summed E-state index contributed by atoms with van der Waals surface area (Å²) >= 11 is 0. The Hall–Kier alpha value is -1.12. The van der Waals surface area contributed by atoms with E-state index in [1.54, 1.807) is 6.33 Å². The average molecular weight is 191 g/mol. The molecular formula is C11H17N3. The molecule has 0 aliphatic carbocycles. The summed E-state index contributed by atoms with van der Waals surface area (Å²) in [4.78, 5) is 10.8. The van der Waals surface area contributed by atoms with E-state index in [0.29, 0.717) is 0 Å². The molecule has 2 rings (SSSR count). The smallest absolute Gasteiger partial charge is 0.115 e. The third-order valence-electron chi connectivity index (χ3n) is 2.67. The fraction of sp³-hybridized carbons (Fsp3) is 0.636. The van der Waals surface area contributed by atoms with E-state index >= 15 is 0 Å². The molecule has 3 heteroatoms. The van der Waals surface area contributed by atoms with Gasteiger partial charge in [-0.05, 0) is 33.6 Å². The lowest BCUT2D eigenvalue weighted by atomic mass is 9.99. The molecular weight excluding hydrogens is 174 g/mol. The molecule has 0 N–H and O–H groups in total. The van der Waals surface area contributed by atoms with Crippen molar-refractivity contribution >= 4 is 5.69 Å². The molecule has 0 unspecified atom stereocenters. The van der Waals surface area contributed by atoms with Crippen LogP contribution < -0.4 is 4.90 Å². The normalized spacial score (nSPS) is 16.6. The van der Waals surface area contributed by atoms with Gasteiger partial charge in [-0.15, -0.1) is 0 Å². The zero-order valence-corrected chi connectivity index (χ0v) is 9.12. The van der Waals surface area contributed by atoms with Crippen LogP contribution in [0, 0.1) is 0 Å². The van der Waals surface area contributed by atoms with Crippen LogP contribution in [0.15, 0.2) is 12.5 Å². The zero-order chi connectivity index (χ0) is 10.2. The molecule has 1 aliphatic rings. The summed E-state index contributed by atoms with van der Waals surface area (Å²) in [6, 6.07) is 0. The van der Waals surface area contributed by atoms with Gasteiger partial charge in [0.15, 0.2) is 0 Å². The molecule has 0 aromatic carbocycles. The maximum absolute atomic E-state index is 4.33. The monoisotopic (exact) mass is 191 g/mol. The Kier molecular flexibility index (Phi) is 2.17. The molecule has 2 heterocycles. The minimum atomic E-state index is 0.167. The molecule has 1 aliphatic heterocycles. The van der Waals surface area contributed by atoms with Gasteiger partial charge in [0.25, 0.3) is 0 Å². The largest absolute Gasteiger partial charge is 0.364 e. The van der Waals surface area contributed by atoms with Gasteiger partial charge < -0.3 is 4.90 Å². The van der Waals surface area contributed by atoms with E-state index in [9.17, 15) is 0 Å². The van der Waals surface area contributed by atoms with Crippen LogP contribution >= 0.6 is 0 Å². The highest BCUT2D eigenvalue weighted by Gasteiger charge is 2.26. The van der Waals surface area contributed by atoms with E-state index < -0.39 is 0 Å². The van der Waals surface area contributed by atoms with Crippen LogP contribution in [0.5, 0.6) is 0 Å². The van der Waals surface area contributed by atoms with Crippen molar-refractivity contribution < 1.29 is 0 Å². The first-order chi connectivity index (χ1) is 6.59. The van der Waals surface area contributed by atoms with Crippen molar-refractivity contribution in [1.29, 1.82) is 0 Å². The summed E-state index contributed by atoms with van der Waals surface area (Å²) in [6.07, 6.45) is 5.86. The number of rotatable bonds is 0. The fourth-order valence-electron chi connectivity index (χ4n) is 1.99. The van der Waals surface area contributed by atoms with Crippen LogP contribution in [0.1, 0.15) is 32.9 Å². The summed E-state index contributed by atoms with van der Waals surface area (Å²) in [7, 11) is 0. The van der Waals surface area contributed by atoms with Gasteiger partial charge in [-0.25, -0.2) is 9.97 Å². The van der Waals surface area contributed by atoms with Crippen molar-refractivity contribution in [2.75, 3.05) is 11.4 Å². The molecule has 0 radical (unpaired) electrons. The second-order valence-corrected chi connectivity index (χ2v) is 4.78. The summed E-state index contributed by atoms with van der Waals surface area (Å²) < 4.78 is 0. The number of aryl methyl sites for hydroxylation is 1. The van der Waals surface area contributed by atoms with Crippen molar-refractivity contribution in [2.24, 2.45) is 0 Å². The number of aromatic nitrogens is 2. The molecule has 3 nitrogen and oxygen atoms in total. The molecule has 0 saturated carbocycles. The Bertz CT molecular complexity index is 328. The van der Waals surface area contributed by atoms with Gasteiger partial charge in [0.2, 0.25) is 0 Å². The molecule has 0 atom stereocenters. The zero-order valence-electron chi connectivity index (χ0n) is 9.12. The molecule has 76 valence electrons. The second-order valence-electron chi connectivity index (χ2n) is 4.78. The number of nitrogens with zero attached hydrogens (tertiary/aromatic N) is 3. The van der Waals surface area contributed by atoms with Gasteiger partial charge in [-0.2, -0.15) is 0 Å². The molecule has 0 fully saturated rings. The van der Waals surface area contributed by atoms with Crippen LogP contribution in [0.4, 0.5) is 5.69 Å². The van der Waals surface area contributed by atoms with E-state index in [-0.39, 0.29) is 5.54 Å². The Morgan fingerprint density at radius 3 is 2.86 bits per heavy atom. The second kappa shape index (κ2) is 3.23. The van der Waals surface area contributed by atoms with E-state index in [1.807, 2.05) is 6.20 Å². The van der Waals surface area contributed by atoms with Crippen LogP contribution in [-0.4, -0.2) is 22.1 Å². The van der Waals surface area contributed by atoms with Crippen LogP contribution in [0.25, 0.3) is 0 Å². The number of anilines is 1. The lowest BCUT2D eigenvalue weighted by molar-refractivity contribution is 0.479. The Morgan fingerprint density at radius 1 is 1.36 bits per heavy atom. The minimum Gasteiger partial charge on any atom is -0.364 e. The topological polar surface area (TPSA) is 29.0 Å². The maximum Gasteiger partial charge on any atom is 0.115 e. The van der Waals surface area contributed by atoms with Gasteiger partial charge in [0, 0.05) is 12.1 Å². The highest BCUT2D eigenvalue weighted by atomic mass is 15.2. The number of hydrogen-bond acceptors (Lipinski definition) is 3. The van der Waals surface area contributed by atoms with Gasteiger partial charge in [-0.3, -0.25) is 0 Å². The Labute approximate surface area is 85.2 Å². The van der Waals surface area contributed by atoms with Crippen molar-refractivity contribution in [2.45, 2.75) is 39.2 Å². The molecule has 1 aromatic rings. The van der Waals surface area contributed by atoms with Crippen molar-refractivity contribution in [3.8, 4) is 0 Å². The predicted molar refractivity (Wildman–Crippen MR) is 57.5 cm³/mol. The Balaban J connectivity index is 2.41. The standard InChI is InChI=1S/C11H17N3/c1-11(2,3)14-6-4-5-9-10(14)7-12-8-13-9/h7-8H,4-6H2,1-3H3. The first-order valence-electron chi connectivity index (χ1n) is 5.15. The van der Waals surface area contributed by atoms with Gasteiger partial charge in [-0.1, -0.05) is 0 Å². The summed E-state index contributed by atoms with van der Waals surface area (Å²) in [5, 5.41) is 0. The first-order valence-corrected chi connectivity index (χ1v) is 5.15. The molecule has 0 spiro atoms. The van der Waals surface area contributed by atoms with Crippen molar-refractivity contribution in [3.05, 3.63) is 18.2 Å². The van der Waals surface area contributed by atoms with Crippen LogP contribution in [-0.2, 0) is 6.42 Å². The molecule has 0 saturated heterocycles.